The molecule has 0 atom stereocenters. The third-order valence-corrected chi connectivity index (χ3v) is 4.45. The van der Waals surface area contributed by atoms with E-state index < -0.39 is 0 Å². The largest absolute Gasteiger partial charge is 0.335 e. The quantitative estimate of drug-likeness (QED) is 0.796. The normalized spacial score (nSPS) is 15.6. The molecular formula is C12H11ClN4S. The van der Waals surface area contributed by atoms with Gasteiger partial charge in [-0.05, 0) is 30.9 Å². The average Bonchev–Trinajstić information content (AvgIpc) is 2.74. The number of H-pyrrole nitrogens is 1. The van der Waals surface area contributed by atoms with E-state index in [0.717, 1.165) is 38.7 Å². The zero-order valence-corrected chi connectivity index (χ0v) is 11.1. The number of hydrogen-bond acceptors (Lipinski definition) is 3. The number of hydrogen-bond donors (Lipinski definition) is 1. The lowest BCUT2D eigenvalue weighted by Gasteiger charge is -1.97. The zero-order chi connectivity index (χ0) is 12.1. The van der Waals surface area contributed by atoms with Gasteiger partial charge in [0.05, 0.1) is 15.4 Å². The summed E-state index contributed by atoms with van der Waals surface area (Å²) >= 11 is 7.48. The van der Waals surface area contributed by atoms with Crippen molar-refractivity contribution in [2.75, 3.05) is 0 Å². The Bertz CT molecular complexity index is 707. The molecular weight excluding hydrogens is 268 g/mol. The van der Waals surface area contributed by atoms with Gasteiger partial charge in [-0.1, -0.05) is 11.6 Å². The second-order valence-electron chi connectivity index (χ2n) is 4.70. The Balaban J connectivity index is 1.76. The number of thiophene rings is 1. The SMILES string of the molecule is Clc1ccc(-c2nc3c(cnn3CC3CC3)[nH]2)s1. The molecule has 0 spiro atoms. The van der Waals surface area contributed by atoms with Crippen LogP contribution in [0, 0.1) is 5.92 Å². The summed E-state index contributed by atoms with van der Waals surface area (Å²) in [6.45, 7) is 0.985. The van der Waals surface area contributed by atoms with Crippen LogP contribution in [-0.4, -0.2) is 19.7 Å². The van der Waals surface area contributed by atoms with Gasteiger partial charge in [0.2, 0.25) is 0 Å². The molecule has 18 heavy (non-hydrogen) atoms. The van der Waals surface area contributed by atoms with Crippen molar-refractivity contribution >= 4 is 34.1 Å². The molecule has 1 N–H and O–H groups in total. The lowest BCUT2D eigenvalue weighted by Crippen LogP contribution is -2.01. The molecule has 92 valence electrons. The summed E-state index contributed by atoms with van der Waals surface area (Å²) in [5, 5.41) is 4.38. The molecule has 1 saturated carbocycles. The third kappa shape index (κ3) is 1.74. The van der Waals surface area contributed by atoms with Crippen LogP contribution in [0.3, 0.4) is 0 Å². The van der Waals surface area contributed by atoms with E-state index in [2.05, 4.69) is 15.1 Å². The summed E-state index contributed by atoms with van der Waals surface area (Å²) in [5.41, 5.74) is 1.94. The Kier molecular flexibility index (Phi) is 2.25. The molecule has 0 aliphatic heterocycles. The first-order chi connectivity index (χ1) is 8.79. The molecule has 1 aliphatic rings. The fourth-order valence-electron chi connectivity index (χ4n) is 2.08. The zero-order valence-electron chi connectivity index (χ0n) is 9.56. The summed E-state index contributed by atoms with van der Waals surface area (Å²) in [7, 11) is 0. The van der Waals surface area contributed by atoms with E-state index in [4.69, 9.17) is 11.6 Å². The van der Waals surface area contributed by atoms with Gasteiger partial charge >= 0.3 is 0 Å². The van der Waals surface area contributed by atoms with E-state index in [1.165, 1.54) is 24.2 Å². The highest BCUT2D eigenvalue weighted by atomic mass is 35.5. The Labute approximate surface area is 113 Å². The molecule has 3 aromatic heterocycles. The van der Waals surface area contributed by atoms with Gasteiger partial charge in [0, 0.05) is 6.54 Å². The molecule has 0 bridgehead atoms. The maximum Gasteiger partial charge on any atom is 0.176 e. The standard InChI is InChI=1S/C12H11ClN4S/c13-10-4-3-9(18-10)11-15-8-5-14-17(12(8)16-11)6-7-1-2-7/h3-5,7H,1-2,6H2,(H,15,16). The van der Waals surface area contributed by atoms with Crippen molar-refractivity contribution in [3.8, 4) is 10.7 Å². The number of aromatic amines is 1. The predicted molar refractivity (Wildman–Crippen MR) is 72.9 cm³/mol. The molecule has 4 rings (SSSR count). The molecule has 1 aliphatic carbocycles. The van der Waals surface area contributed by atoms with Crippen LogP contribution in [0.25, 0.3) is 21.9 Å². The first-order valence-corrected chi connectivity index (χ1v) is 7.16. The van der Waals surface area contributed by atoms with Crippen LogP contribution >= 0.6 is 22.9 Å². The molecule has 3 aromatic rings. The molecule has 4 nitrogen and oxygen atoms in total. The molecule has 3 heterocycles. The predicted octanol–water partition coefficient (Wildman–Crippen LogP) is 3.55. The summed E-state index contributed by atoms with van der Waals surface area (Å²) in [5.74, 6) is 1.67. The number of nitrogens with zero attached hydrogens (tertiary/aromatic N) is 3. The van der Waals surface area contributed by atoms with E-state index in [1.54, 1.807) is 0 Å². The Morgan fingerprint density at radius 2 is 2.33 bits per heavy atom. The number of fused-ring (bicyclic) bond motifs is 1. The third-order valence-electron chi connectivity index (χ3n) is 3.22. The summed E-state index contributed by atoms with van der Waals surface area (Å²) < 4.78 is 2.78. The highest BCUT2D eigenvalue weighted by Crippen LogP contribution is 2.33. The molecule has 0 aromatic carbocycles. The van der Waals surface area contributed by atoms with E-state index in [0.29, 0.717) is 0 Å². The molecule has 0 unspecified atom stereocenters. The fraction of sp³-hybridized carbons (Fsp3) is 0.333. The molecule has 6 heteroatoms. The van der Waals surface area contributed by atoms with Gasteiger partial charge in [-0.3, -0.25) is 0 Å². The minimum Gasteiger partial charge on any atom is -0.335 e. The maximum absolute atomic E-state index is 5.95. The van der Waals surface area contributed by atoms with Gasteiger partial charge in [-0.15, -0.1) is 11.3 Å². The number of rotatable bonds is 3. The lowest BCUT2D eigenvalue weighted by atomic mass is 10.4. The van der Waals surface area contributed by atoms with Crippen molar-refractivity contribution < 1.29 is 0 Å². The monoisotopic (exact) mass is 278 g/mol. The molecule has 0 saturated heterocycles. The van der Waals surface area contributed by atoms with Crippen molar-refractivity contribution in [2.45, 2.75) is 19.4 Å². The Morgan fingerprint density at radius 1 is 1.44 bits per heavy atom. The number of aromatic nitrogens is 4. The summed E-state index contributed by atoms with van der Waals surface area (Å²) in [6.07, 6.45) is 4.49. The number of halogens is 1. The summed E-state index contributed by atoms with van der Waals surface area (Å²) in [6, 6.07) is 3.88. The topological polar surface area (TPSA) is 46.5 Å². The Hall–Kier alpha value is -1.33. The van der Waals surface area contributed by atoms with Crippen molar-refractivity contribution in [1.29, 1.82) is 0 Å². The maximum atomic E-state index is 5.95. The van der Waals surface area contributed by atoms with Crippen LogP contribution < -0.4 is 0 Å². The highest BCUT2D eigenvalue weighted by molar-refractivity contribution is 7.19. The highest BCUT2D eigenvalue weighted by Gasteiger charge is 2.23. The van der Waals surface area contributed by atoms with E-state index in [-0.39, 0.29) is 0 Å². The van der Waals surface area contributed by atoms with Crippen LogP contribution in [-0.2, 0) is 6.54 Å². The van der Waals surface area contributed by atoms with E-state index >= 15 is 0 Å². The fourth-order valence-corrected chi connectivity index (χ4v) is 3.07. The van der Waals surface area contributed by atoms with E-state index in [9.17, 15) is 0 Å². The summed E-state index contributed by atoms with van der Waals surface area (Å²) in [4.78, 5) is 8.99. The van der Waals surface area contributed by atoms with Crippen LogP contribution in [0.1, 0.15) is 12.8 Å². The second-order valence-corrected chi connectivity index (χ2v) is 6.41. The Morgan fingerprint density at radius 3 is 3.06 bits per heavy atom. The molecule has 0 radical (unpaired) electrons. The van der Waals surface area contributed by atoms with Crippen LogP contribution in [0.2, 0.25) is 4.34 Å². The van der Waals surface area contributed by atoms with Crippen molar-refractivity contribution in [3.05, 3.63) is 22.7 Å². The van der Waals surface area contributed by atoms with Crippen molar-refractivity contribution in [3.63, 3.8) is 0 Å². The van der Waals surface area contributed by atoms with Gasteiger partial charge in [0.15, 0.2) is 11.5 Å². The van der Waals surface area contributed by atoms with Gasteiger partial charge < -0.3 is 4.98 Å². The smallest absolute Gasteiger partial charge is 0.176 e. The first-order valence-electron chi connectivity index (χ1n) is 5.97. The van der Waals surface area contributed by atoms with Crippen LogP contribution in [0.15, 0.2) is 18.3 Å². The average molecular weight is 279 g/mol. The number of imidazole rings is 1. The number of nitrogens with one attached hydrogen (secondary N) is 1. The van der Waals surface area contributed by atoms with Gasteiger partial charge in [-0.2, -0.15) is 5.10 Å². The van der Waals surface area contributed by atoms with Gasteiger partial charge in [0.1, 0.15) is 5.52 Å². The van der Waals surface area contributed by atoms with Crippen LogP contribution in [0.5, 0.6) is 0 Å². The molecule has 0 amide bonds. The van der Waals surface area contributed by atoms with E-state index in [1.807, 2.05) is 23.0 Å². The lowest BCUT2D eigenvalue weighted by molar-refractivity contribution is 0.576. The second kappa shape index (κ2) is 3.83. The van der Waals surface area contributed by atoms with Gasteiger partial charge in [-0.25, -0.2) is 9.67 Å². The minimum atomic E-state index is 0.782. The first kappa shape index (κ1) is 10.6. The van der Waals surface area contributed by atoms with Crippen molar-refractivity contribution in [1.82, 2.24) is 19.7 Å². The minimum absolute atomic E-state index is 0.782. The molecule has 1 fully saturated rings. The van der Waals surface area contributed by atoms with Gasteiger partial charge in [0.25, 0.3) is 0 Å². The van der Waals surface area contributed by atoms with Crippen molar-refractivity contribution in [2.24, 2.45) is 5.92 Å². The van der Waals surface area contributed by atoms with Crippen LogP contribution in [0.4, 0.5) is 0 Å².